The minimum absolute atomic E-state index is 0.263. The summed E-state index contributed by atoms with van der Waals surface area (Å²) >= 11 is 0. The van der Waals surface area contributed by atoms with Gasteiger partial charge in [0.05, 0.1) is 0 Å². The van der Waals surface area contributed by atoms with Crippen molar-refractivity contribution in [2.75, 3.05) is 0 Å². The molecule has 0 atom stereocenters. The van der Waals surface area contributed by atoms with Crippen molar-refractivity contribution in [3.8, 4) is 0 Å². The summed E-state index contributed by atoms with van der Waals surface area (Å²) in [5.41, 5.74) is 2.15. The number of amides is 2. The molecule has 0 fully saturated rings. The lowest BCUT2D eigenvalue weighted by Gasteiger charge is -2.00. The second-order valence-corrected chi connectivity index (χ2v) is 3.55. The molecule has 0 spiro atoms. The minimum atomic E-state index is -0.272. The van der Waals surface area contributed by atoms with Gasteiger partial charge >= 0.3 is 0 Å². The minimum Gasteiger partial charge on any atom is -0.289 e. The topological polar surface area (TPSA) is 46.2 Å². The van der Waals surface area contributed by atoms with Crippen LogP contribution < -0.4 is 5.32 Å². The van der Waals surface area contributed by atoms with Gasteiger partial charge in [0.25, 0.3) is 11.8 Å². The lowest BCUT2D eigenvalue weighted by molar-refractivity contribution is -0.124. The van der Waals surface area contributed by atoms with Crippen molar-refractivity contribution in [1.82, 2.24) is 5.32 Å². The fourth-order valence-corrected chi connectivity index (χ4v) is 1.59. The first-order valence-electron chi connectivity index (χ1n) is 4.78. The summed E-state index contributed by atoms with van der Waals surface area (Å²) in [5, 5.41) is 2.28. The molecule has 1 N–H and O–H groups in total. The lowest BCUT2D eigenvalue weighted by Crippen LogP contribution is -2.23. The normalized spacial score (nSPS) is 15.8. The summed E-state index contributed by atoms with van der Waals surface area (Å²) in [6.07, 6.45) is 0.518. The van der Waals surface area contributed by atoms with Gasteiger partial charge in [0, 0.05) is 17.6 Å². The van der Waals surface area contributed by atoms with E-state index >= 15 is 0 Å². The zero-order chi connectivity index (χ0) is 10.8. The number of hydrogen-bond acceptors (Lipinski definition) is 2. The maximum Gasteiger partial charge on any atom is 0.254 e. The first kappa shape index (κ1) is 9.65. The molecule has 76 valence electrons. The third-order valence-electron chi connectivity index (χ3n) is 2.52. The summed E-state index contributed by atoms with van der Waals surface area (Å²) < 4.78 is 0. The van der Waals surface area contributed by atoms with Gasteiger partial charge in [-0.05, 0) is 12.5 Å². The molecule has 0 radical (unpaired) electrons. The van der Waals surface area contributed by atoms with Crippen LogP contribution in [0.25, 0.3) is 0 Å². The van der Waals surface area contributed by atoms with E-state index in [4.69, 9.17) is 0 Å². The van der Waals surface area contributed by atoms with Crippen molar-refractivity contribution in [1.29, 1.82) is 0 Å². The molecule has 0 unspecified atom stereocenters. The second-order valence-electron chi connectivity index (χ2n) is 3.55. The van der Waals surface area contributed by atoms with E-state index in [1.54, 1.807) is 6.92 Å². The van der Waals surface area contributed by atoms with Crippen LogP contribution in [0.15, 0.2) is 41.5 Å². The molecule has 1 aromatic carbocycles. The number of benzene rings is 1. The fourth-order valence-electron chi connectivity index (χ4n) is 1.59. The molecular weight excluding hydrogens is 190 g/mol. The van der Waals surface area contributed by atoms with Crippen LogP contribution in [-0.4, -0.2) is 11.8 Å². The van der Waals surface area contributed by atoms with Crippen LogP contribution >= 0.6 is 0 Å². The summed E-state index contributed by atoms with van der Waals surface area (Å²) in [6.45, 7) is 1.68. The summed E-state index contributed by atoms with van der Waals surface area (Å²) in [7, 11) is 0. The standard InChI is InChI=1S/C12H11NO2/c1-8-10(12(15)13-11(8)14)7-9-5-3-2-4-6-9/h2-6H,7H2,1H3,(H,13,14,15). The van der Waals surface area contributed by atoms with Crippen molar-refractivity contribution in [2.45, 2.75) is 13.3 Å². The maximum absolute atomic E-state index is 11.4. The Labute approximate surface area is 87.8 Å². The largest absolute Gasteiger partial charge is 0.289 e. The van der Waals surface area contributed by atoms with Crippen molar-refractivity contribution < 1.29 is 9.59 Å². The van der Waals surface area contributed by atoms with E-state index < -0.39 is 0 Å². The molecule has 0 bridgehead atoms. The zero-order valence-electron chi connectivity index (χ0n) is 8.41. The molecule has 1 aliphatic rings. The molecule has 2 rings (SSSR count). The number of rotatable bonds is 2. The SMILES string of the molecule is CC1=C(Cc2ccccc2)C(=O)NC1=O. The van der Waals surface area contributed by atoms with Gasteiger partial charge < -0.3 is 0 Å². The highest BCUT2D eigenvalue weighted by Gasteiger charge is 2.26. The molecule has 3 nitrogen and oxygen atoms in total. The zero-order valence-corrected chi connectivity index (χ0v) is 8.41. The van der Waals surface area contributed by atoms with Gasteiger partial charge in [0.2, 0.25) is 0 Å². The third kappa shape index (κ3) is 1.81. The highest BCUT2D eigenvalue weighted by atomic mass is 16.2. The van der Waals surface area contributed by atoms with Crippen molar-refractivity contribution in [3.05, 3.63) is 47.0 Å². The van der Waals surface area contributed by atoms with Gasteiger partial charge in [-0.15, -0.1) is 0 Å². The number of carbonyl (C=O) groups excluding carboxylic acids is 2. The quantitative estimate of drug-likeness (QED) is 0.731. The predicted octanol–water partition coefficient (Wildman–Crippen LogP) is 1.20. The highest BCUT2D eigenvalue weighted by Crippen LogP contribution is 2.16. The molecule has 1 aliphatic heterocycles. The third-order valence-corrected chi connectivity index (χ3v) is 2.52. The van der Waals surface area contributed by atoms with E-state index in [0.717, 1.165) is 5.56 Å². The highest BCUT2D eigenvalue weighted by molar-refractivity contribution is 6.19. The fraction of sp³-hybridized carbons (Fsp3) is 0.167. The summed E-state index contributed by atoms with van der Waals surface area (Å²) in [6, 6.07) is 9.64. The van der Waals surface area contributed by atoms with Crippen LogP contribution in [0, 0.1) is 0 Å². The van der Waals surface area contributed by atoms with Crippen LogP contribution in [-0.2, 0) is 16.0 Å². The van der Waals surface area contributed by atoms with E-state index in [1.807, 2.05) is 30.3 Å². The maximum atomic E-state index is 11.4. The van der Waals surface area contributed by atoms with Crippen LogP contribution in [0.4, 0.5) is 0 Å². The van der Waals surface area contributed by atoms with Crippen LogP contribution in [0.5, 0.6) is 0 Å². The van der Waals surface area contributed by atoms with Gasteiger partial charge in [0.15, 0.2) is 0 Å². The number of nitrogens with one attached hydrogen (secondary N) is 1. The van der Waals surface area contributed by atoms with Crippen molar-refractivity contribution >= 4 is 11.8 Å². The number of imide groups is 1. The Bertz CT molecular complexity index is 446. The molecule has 0 saturated carbocycles. The molecule has 3 heteroatoms. The first-order chi connectivity index (χ1) is 7.18. The van der Waals surface area contributed by atoms with E-state index in [-0.39, 0.29) is 11.8 Å². The Hall–Kier alpha value is -1.90. The van der Waals surface area contributed by atoms with Gasteiger partial charge in [-0.3, -0.25) is 14.9 Å². The average molecular weight is 201 g/mol. The van der Waals surface area contributed by atoms with E-state index in [2.05, 4.69) is 5.32 Å². The molecule has 0 aromatic heterocycles. The van der Waals surface area contributed by atoms with Gasteiger partial charge in [-0.2, -0.15) is 0 Å². The van der Waals surface area contributed by atoms with E-state index in [0.29, 0.717) is 17.6 Å². The summed E-state index contributed by atoms with van der Waals surface area (Å²) in [5.74, 6) is -0.535. The number of hydrogen-bond donors (Lipinski definition) is 1. The van der Waals surface area contributed by atoms with E-state index in [9.17, 15) is 9.59 Å². The molecule has 0 saturated heterocycles. The first-order valence-corrected chi connectivity index (χ1v) is 4.78. The monoisotopic (exact) mass is 201 g/mol. The van der Waals surface area contributed by atoms with Crippen LogP contribution in [0.1, 0.15) is 12.5 Å². The molecule has 15 heavy (non-hydrogen) atoms. The van der Waals surface area contributed by atoms with Crippen LogP contribution in [0.2, 0.25) is 0 Å². The lowest BCUT2D eigenvalue weighted by atomic mass is 10.0. The molecule has 0 aliphatic carbocycles. The van der Waals surface area contributed by atoms with Crippen molar-refractivity contribution in [3.63, 3.8) is 0 Å². The van der Waals surface area contributed by atoms with Crippen LogP contribution in [0.3, 0.4) is 0 Å². The number of carbonyl (C=O) groups is 2. The Morgan fingerprint density at radius 2 is 1.73 bits per heavy atom. The Morgan fingerprint density at radius 1 is 1.07 bits per heavy atom. The average Bonchev–Trinajstić information content (AvgIpc) is 2.47. The predicted molar refractivity (Wildman–Crippen MR) is 56.0 cm³/mol. The Balaban J connectivity index is 2.27. The van der Waals surface area contributed by atoms with Crippen molar-refractivity contribution in [2.24, 2.45) is 0 Å². The molecule has 1 heterocycles. The Morgan fingerprint density at radius 3 is 2.27 bits per heavy atom. The van der Waals surface area contributed by atoms with Gasteiger partial charge in [-0.25, -0.2) is 0 Å². The molecule has 1 aromatic rings. The summed E-state index contributed by atoms with van der Waals surface area (Å²) in [4.78, 5) is 22.6. The molecular formula is C12H11NO2. The van der Waals surface area contributed by atoms with E-state index in [1.165, 1.54) is 0 Å². The molecule has 2 amide bonds. The second kappa shape index (κ2) is 3.69. The Kier molecular flexibility index (Phi) is 2.37. The van der Waals surface area contributed by atoms with Gasteiger partial charge in [-0.1, -0.05) is 30.3 Å². The van der Waals surface area contributed by atoms with Gasteiger partial charge in [0.1, 0.15) is 0 Å². The smallest absolute Gasteiger partial charge is 0.254 e.